The quantitative estimate of drug-likeness (QED) is 0.398. The summed E-state index contributed by atoms with van der Waals surface area (Å²) in [5.41, 5.74) is 0.780. The number of carbonyl (C=O) groups excluding carboxylic acids is 2. The van der Waals surface area contributed by atoms with Crippen LogP contribution in [0.4, 0.5) is 10.1 Å². The van der Waals surface area contributed by atoms with Crippen molar-refractivity contribution < 1.29 is 14.0 Å². The van der Waals surface area contributed by atoms with Crippen molar-refractivity contribution in [1.29, 1.82) is 0 Å². The molecule has 6 heteroatoms. The molecule has 152 valence electrons. The number of hydrogen-bond donors (Lipinski definition) is 0. The van der Waals surface area contributed by atoms with Gasteiger partial charge in [-0.2, -0.15) is 0 Å². The molecule has 0 radical (unpaired) electrons. The lowest BCUT2D eigenvalue weighted by atomic mass is 10.0. The van der Waals surface area contributed by atoms with Crippen molar-refractivity contribution in [3.05, 3.63) is 88.7 Å². The van der Waals surface area contributed by atoms with Gasteiger partial charge < -0.3 is 4.90 Å². The molecule has 0 saturated carbocycles. The summed E-state index contributed by atoms with van der Waals surface area (Å²) in [5.74, 6) is -1.27. The third-order valence-electron chi connectivity index (χ3n) is 4.31. The van der Waals surface area contributed by atoms with E-state index in [0.717, 1.165) is 11.0 Å². The number of anilines is 1. The molecule has 29 heavy (non-hydrogen) atoms. The van der Waals surface area contributed by atoms with Crippen LogP contribution < -0.4 is 4.90 Å². The van der Waals surface area contributed by atoms with Crippen LogP contribution >= 0.6 is 15.9 Å². The lowest BCUT2D eigenvalue weighted by Gasteiger charge is -2.20. The van der Waals surface area contributed by atoms with Crippen molar-refractivity contribution in [2.45, 2.75) is 6.92 Å². The Balaban J connectivity index is 2.15. The van der Waals surface area contributed by atoms with Crippen molar-refractivity contribution in [1.82, 2.24) is 4.90 Å². The first-order valence-corrected chi connectivity index (χ1v) is 9.95. The van der Waals surface area contributed by atoms with Crippen LogP contribution in [0.1, 0.15) is 22.8 Å². The predicted molar refractivity (Wildman–Crippen MR) is 119 cm³/mol. The minimum absolute atomic E-state index is 0.0267. The van der Waals surface area contributed by atoms with Gasteiger partial charge in [-0.05, 0) is 49.5 Å². The minimum Gasteiger partial charge on any atom is -0.309 e. The first kappa shape index (κ1) is 22.7. The van der Waals surface area contributed by atoms with Crippen LogP contribution in [0.15, 0.2) is 71.7 Å². The van der Waals surface area contributed by atoms with Crippen molar-refractivity contribution in [2.24, 2.45) is 0 Å². The largest absolute Gasteiger partial charge is 0.309 e. The highest BCUT2D eigenvalue weighted by molar-refractivity contribution is 9.10. The van der Waals surface area contributed by atoms with Crippen LogP contribution in [0.3, 0.4) is 0 Å². The van der Waals surface area contributed by atoms with Crippen molar-refractivity contribution >= 4 is 33.3 Å². The second kappa shape index (κ2) is 10.8. The van der Waals surface area contributed by atoms with Crippen LogP contribution in [0.5, 0.6) is 0 Å². The maximum Gasteiger partial charge on any atom is 0.224 e. The summed E-state index contributed by atoms with van der Waals surface area (Å²) in [4.78, 5) is 28.1. The molecule has 0 spiro atoms. The Kier molecular flexibility index (Phi) is 8.49. The summed E-state index contributed by atoms with van der Waals surface area (Å²) < 4.78 is 15.5. The maximum absolute atomic E-state index is 14.7. The Hall–Kier alpha value is -2.57. The Morgan fingerprint density at radius 1 is 1.07 bits per heavy atom. The third-order valence-corrected chi connectivity index (χ3v) is 4.84. The molecule has 0 heterocycles. The fourth-order valence-electron chi connectivity index (χ4n) is 2.76. The molecule has 0 bridgehead atoms. The molecular weight excluding hydrogens is 435 g/mol. The fraction of sp³-hybridized carbons (Fsp3) is 0.217. The molecule has 0 aromatic heterocycles. The lowest BCUT2D eigenvalue weighted by molar-refractivity contribution is -0.116. The summed E-state index contributed by atoms with van der Waals surface area (Å²) in [6.07, 6.45) is 5.62. The van der Waals surface area contributed by atoms with Gasteiger partial charge in [0.25, 0.3) is 0 Å². The highest BCUT2D eigenvalue weighted by Gasteiger charge is 2.17. The summed E-state index contributed by atoms with van der Waals surface area (Å²) in [6.45, 7) is 6.91. The third kappa shape index (κ3) is 6.48. The number of amides is 1. The number of rotatable bonds is 9. The molecule has 0 aliphatic heterocycles. The van der Waals surface area contributed by atoms with E-state index in [4.69, 9.17) is 0 Å². The highest BCUT2D eigenvalue weighted by atomic mass is 79.9. The van der Waals surface area contributed by atoms with Crippen LogP contribution in [-0.4, -0.2) is 43.3 Å². The molecule has 0 aliphatic carbocycles. The zero-order valence-electron chi connectivity index (χ0n) is 16.6. The topological polar surface area (TPSA) is 40.6 Å². The highest BCUT2D eigenvalue weighted by Crippen LogP contribution is 2.22. The van der Waals surface area contributed by atoms with E-state index in [2.05, 4.69) is 27.4 Å². The van der Waals surface area contributed by atoms with Gasteiger partial charge in [-0.1, -0.05) is 34.2 Å². The van der Waals surface area contributed by atoms with E-state index in [1.54, 1.807) is 30.3 Å². The van der Waals surface area contributed by atoms with Gasteiger partial charge in [-0.25, -0.2) is 4.39 Å². The van der Waals surface area contributed by atoms with Crippen LogP contribution in [-0.2, 0) is 4.79 Å². The predicted octanol–water partition coefficient (Wildman–Crippen LogP) is 4.85. The van der Waals surface area contributed by atoms with E-state index in [9.17, 15) is 14.0 Å². The Bertz CT molecular complexity index is 910. The second-order valence-electron chi connectivity index (χ2n) is 6.61. The number of carbonyl (C=O) groups is 2. The smallest absolute Gasteiger partial charge is 0.224 e. The van der Waals surface area contributed by atoms with Crippen molar-refractivity contribution in [2.75, 3.05) is 31.6 Å². The maximum atomic E-state index is 14.7. The average Bonchev–Trinajstić information content (AvgIpc) is 2.68. The molecule has 2 aromatic carbocycles. The number of halogens is 2. The van der Waals surface area contributed by atoms with Crippen molar-refractivity contribution in [3.63, 3.8) is 0 Å². The summed E-state index contributed by atoms with van der Waals surface area (Å²) in [7, 11) is 1.96. The van der Waals surface area contributed by atoms with E-state index >= 15 is 0 Å². The first-order chi connectivity index (χ1) is 13.8. The Morgan fingerprint density at radius 2 is 1.72 bits per heavy atom. The number of benzene rings is 2. The van der Waals surface area contributed by atoms with Crippen LogP contribution in [0.2, 0.25) is 0 Å². The molecule has 0 fully saturated rings. The Labute approximate surface area is 179 Å². The molecule has 4 nitrogen and oxygen atoms in total. The van der Waals surface area contributed by atoms with Gasteiger partial charge in [0.05, 0.1) is 5.56 Å². The number of likely N-dealkylation sites (N-methyl/N-ethyl adjacent to an activating group) is 1. The summed E-state index contributed by atoms with van der Waals surface area (Å²) in [5, 5.41) is 0. The van der Waals surface area contributed by atoms with Crippen molar-refractivity contribution in [3.8, 4) is 0 Å². The fourth-order valence-corrected chi connectivity index (χ4v) is 3.02. The second-order valence-corrected chi connectivity index (χ2v) is 7.53. The van der Waals surface area contributed by atoms with Gasteiger partial charge in [0, 0.05) is 42.3 Å². The minimum atomic E-state index is -0.656. The molecule has 0 unspecified atom stereocenters. The molecule has 0 atom stereocenters. The van der Waals surface area contributed by atoms with Crippen LogP contribution in [0, 0.1) is 5.82 Å². The molecule has 1 amide bonds. The average molecular weight is 459 g/mol. The van der Waals surface area contributed by atoms with E-state index in [0.29, 0.717) is 24.3 Å². The van der Waals surface area contributed by atoms with Gasteiger partial charge in [-0.15, -0.1) is 6.58 Å². The summed E-state index contributed by atoms with van der Waals surface area (Å²) in [6, 6.07) is 11.0. The molecule has 2 aromatic rings. The monoisotopic (exact) mass is 458 g/mol. The molecular formula is C23H24BrFN2O2. The van der Waals surface area contributed by atoms with E-state index < -0.39 is 11.6 Å². The standard InChI is InChI=1S/C23H24BrFN2O2/c1-4-13-26(3)14-5-6-15-27(17(2)28)20-11-12-21(22(25)16-20)23(29)18-7-9-19(24)10-8-18/h4-12,16H,1,13-15H2,2-3H3/b6-5+. The number of ketones is 1. The van der Waals surface area contributed by atoms with Gasteiger partial charge in [0.15, 0.2) is 5.78 Å². The van der Waals surface area contributed by atoms with Gasteiger partial charge in [0.2, 0.25) is 5.91 Å². The first-order valence-electron chi connectivity index (χ1n) is 9.16. The molecule has 0 N–H and O–H groups in total. The molecule has 2 rings (SSSR count). The van der Waals surface area contributed by atoms with Gasteiger partial charge in [-0.3, -0.25) is 14.5 Å². The molecule has 0 saturated heterocycles. The zero-order valence-corrected chi connectivity index (χ0v) is 18.2. The van der Waals surface area contributed by atoms with Crippen LogP contribution in [0.25, 0.3) is 0 Å². The van der Waals surface area contributed by atoms with Gasteiger partial charge >= 0.3 is 0 Å². The van der Waals surface area contributed by atoms with Gasteiger partial charge in [0.1, 0.15) is 5.82 Å². The SMILES string of the molecule is C=CCN(C)C/C=C/CN(C(C)=O)c1ccc(C(=O)c2ccc(Br)cc2)c(F)c1. The van der Waals surface area contributed by atoms with E-state index in [-0.39, 0.29) is 11.5 Å². The lowest BCUT2D eigenvalue weighted by Crippen LogP contribution is -2.29. The summed E-state index contributed by atoms with van der Waals surface area (Å²) >= 11 is 3.31. The van der Waals surface area contributed by atoms with E-state index in [1.807, 2.05) is 25.3 Å². The zero-order chi connectivity index (χ0) is 21.4. The normalized spacial score (nSPS) is 11.1. The Morgan fingerprint density at radius 3 is 2.31 bits per heavy atom. The number of nitrogens with zero attached hydrogens (tertiary/aromatic N) is 2. The van der Waals surface area contributed by atoms with E-state index in [1.165, 1.54) is 24.0 Å². The molecule has 0 aliphatic rings. The number of hydrogen-bond acceptors (Lipinski definition) is 3.